The average Bonchev–Trinajstić information content (AvgIpc) is 2.82. The summed E-state index contributed by atoms with van der Waals surface area (Å²) in [5.74, 6) is -0.198. The molecule has 2 unspecified atom stereocenters. The van der Waals surface area contributed by atoms with Crippen molar-refractivity contribution >= 4 is 29.5 Å². The number of phosphoric ester groups is 1. The van der Waals surface area contributed by atoms with Gasteiger partial charge in [0.25, 0.3) is 0 Å². The van der Waals surface area contributed by atoms with Gasteiger partial charge in [0.05, 0.1) is 12.7 Å². The Bertz CT molecular complexity index is 809. The second-order valence-corrected chi connectivity index (χ2v) is 10.3. The van der Waals surface area contributed by atoms with Crippen molar-refractivity contribution in [1.82, 2.24) is 10.2 Å². The van der Waals surface area contributed by atoms with Crippen LogP contribution in [0.1, 0.15) is 13.3 Å². The van der Waals surface area contributed by atoms with Crippen LogP contribution in [0.4, 0.5) is 4.79 Å². The Morgan fingerprint density at radius 3 is 2.46 bits per heavy atom. The molecular weight excluding hydrogens is 445 g/mol. The number of carbonyl (C=O) groups is 1. The first-order valence-electron chi connectivity index (χ1n) is 7.58. The van der Waals surface area contributed by atoms with Gasteiger partial charge in [0.2, 0.25) is 0 Å². The third kappa shape index (κ3) is 6.87. The van der Waals surface area contributed by atoms with Crippen LogP contribution in [0.2, 0.25) is 0 Å². The number of amides is 2. The molecule has 14 nitrogen and oxygen atoms in total. The summed E-state index contributed by atoms with van der Waals surface area (Å²) in [7, 11) is -16.3. The first-order chi connectivity index (χ1) is 12.7. The molecule has 0 radical (unpaired) electrons. The third-order valence-corrected chi connectivity index (χ3v) is 7.31. The van der Waals surface area contributed by atoms with E-state index in [2.05, 4.69) is 25.0 Å². The molecule has 17 heteroatoms. The summed E-state index contributed by atoms with van der Waals surface area (Å²) in [6.07, 6.45) is 1.83. The number of urea groups is 1. The van der Waals surface area contributed by atoms with E-state index >= 15 is 0 Å². The van der Waals surface area contributed by atoms with Crippen molar-refractivity contribution in [2.45, 2.75) is 25.7 Å². The van der Waals surface area contributed by atoms with E-state index in [1.54, 1.807) is 13.0 Å². The van der Waals surface area contributed by atoms with E-state index in [-0.39, 0.29) is 5.92 Å². The van der Waals surface area contributed by atoms with E-state index in [4.69, 9.17) is 19.4 Å². The summed E-state index contributed by atoms with van der Waals surface area (Å²) < 4.78 is 50.9. The minimum Gasteiger partial charge on any atom is -0.352 e. The molecule has 2 aliphatic rings. The largest absolute Gasteiger partial charge is 0.490 e. The van der Waals surface area contributed by atoms with Crippen molar-refractivity contribution in [1.29, 1.82) is 0 Å². The zero-order valence-corrected chi connectivity index (χ0v) is 17.0. The number of ether oxygens (including phenoxy) is 1. The normalized spacial score (nSPS) is 30.0. The highest BCUT2D eigenvalue weighted by Crippen LogP contribution is 2.66. The van der Waals surface area contributed by atoms with Gasteiger partial charge in [0.15, 0.2) is 0 Å². The van der Waals surface area contributed by atoms with Crippen LogP contribution >= 0.6 is 23.5 Å². The maximum Gasteiger partial charge on any atom is 0.490 e. The fourth-order valence-corrected chi connectivity index (χ4v) is 5.58. The molecule has 0 aromatic rings. The van der Waals surface area contributed by atoms with Crippen molar-refractivity contribution in [2.75, 3.05) is 6.61 Å². The SMILES string of the molecule is C=C1C=CN([C@@H]2O[C@H](COP(=O)(O)OP(=O)(O)OP(=O)(O)O)C[C@@H]2C)C(=O)N1. The van der Waals surface area contributed by atoms with Gasteiger partial charge in [-0.05, 0) is 12.5 Å². The van der Waals surface area contributed by atoms with Crippen molar-refractivity contribution in [3.05, 3.63) is 24.6 Å². The molecule has 0 aliphatic carbocycles. The lowest BCUT2D eigenvalue weighted by Crippen LogP contribution is -2.46. The van der Waals surface area contributed by atoms with Gasteiger partial charge in [-0.2, -0.15) is 8.62 Å². The molecule has 160 valence electrons. The maximum atomic E-state index is 12.0. The average molecular weight is 464 g/mol. The van der Waals surface area contributed by atoms with E-state index in [1.807, 2.05) is 0 Å². The second-order valence-electron chi connectivity index (χ2n) is 5.93. The van der Waals surface area contributed by atoms with Crippen molar-refractivity contribution < 1.29 is 55.9 Å². The van der Waals surface area contributed by atoms with Gasteiger partial charge in [-0.15, -0.1) is 0 Å². The topological polar surface area (TPSA) is 201 Å². The third-order valence-electron chi connectivity index (χ3n) is 3.51. The summed E-state index contributed by atoms with van der Waals surface area (Å²) in [6.45, 7) is 4.78. The van der Waals surface area contributed by atoms with Gasteiger partial charge in [0, 0.05) is 17.8 Å². The van der Waals surface area contributed by atoms with Gasteiger partial charge < -0.3 is 29.6 Å². The van der Waals surface area contributed by atoms with E-state index in [9.17, 15) is 23.4 Å². The monoisotopic (exact) mass is 464 g/mol. The van der Waals surface area contributed by atoms with Crippen molar-refractivity contribution in [2.24, 2.45) is 5.92 Å². The first-order valence-corrected chi connectivity index (χ1v) is 12.1. The van der Waals surface area contributed by atoms with Crippen molar-refractivity contribution in [3.8, 4) is 0 Å². The molecule has 5 atom stereocenters. The molecule has 2 rings (SSSR count). The smallest absolute Gasteiger partial charge is 0.352 e. The maximum absolute atomic E-state index is 12.0. The molecule has 2 amide bonds. The predicted molar refractivity (Wildman–Crippen MR) is 90.9 cm³/mol. The van der Waals surface area contributed by atoms with Crippen LogP contribution in [0.3, 0.4) is 0 Å². The van der Waals surface area contributed by atoms with Gasteiger partial charge in [-0.1, -0.05) is 13.5 Å². The highest BCUT2D eigenvalue weighted by Gasteiger charge is 2.43. The number of hydrogen-bond donors (Lipinski definition) is 5. The lowest BCUT2D eigenvalue weighted by Gasteiger charge is -2.30. The van der Waals surface area contributed by atoms with E-state index in [0.29, 0.717) is 12.1 Å². The molecule has 5 N–H and O–H groups in total. The quantitative estimate of drug-likeness (QED) is 0.321. The van der Waals surface area contributed by atoms with Gasteiger partial charge in [-0.3, -0.25) is 9.42 Å². The Balaban J connectivity index is 1.92. The van der Waals surface area contributed by atoms with Crippen LogP contribution in [0.5, 0.6) is 0 Å². The minimum atomic E-state index is -5.58. The molecule has 1 saturated heterocycles. The fourth-order valence-electron chi connectivity index (χ4n) is 2.53. The molecular formula is C11H19N2O12P3. The molecule has 1 fully saturated rings. The van der Waals surface area contributed by atoms with Crippen LogP contribution in [0.25, 0.3) is 0 Å². The molecule has 0 saturated carbocycles. The van der Waals surface area contributed by atoms with Crippen LogP contribution in [-0.2, 0) is 31.6 Å². The van der Waals surface area contributed by atoms with Crippen LogP contribution in [-0.4, -0.2) is 49.4 Å². The standard InChI is InChI=1S/C11H19N2O12P3/c1-7-5-9(23-10(7)13-4-3-8(2)12-11(13)14)6-22-27(18,19)25-28(20,21)24-26(15,16)17/h3-4,7,9-10H,2,5-6H2,1H3,(H,12,14)(H,18,19)(H,20,21)(H2,15,16,17)/t7-,9-,10+/m0/s1. The van der Waals surface area contributed by atoms with E-state index in [1.165, 1.54) is 11.1 Å². The van der Waals surface area contributed by atoms with Crippen LogP contribution in [0, 0.1) is 5.92 Å². The van der Waals surface area contributed by atoms with Gasteiger partial charge in [-0.25, -0.2) is 18.5 Å². The predicted octanol–water partition coefficient (Wildman–Crippen LogP) is 1.13. The Morgan fingerprint density at radius 1 is 1.25 bits per heavy atom. The highest BCUT2D eigenvalue weighted by molar-refractivity contribution is 7.66. The zero-order chi connectivity index (χ0) is 21.3. The Kier molecular flexibility index (Phi) is 7.08. The van der Waals surface area contributed by atoms with Gasteiger partial charge in [0.1, 0.15) is 6.23 Å². The van der Waals surface area contributed by atoms with E-state index in [0.717, 1.165) is 0 Å². The summed E-state index contributed by atoms with van der Waals surface area (Å²) in [4.78, 5) is 48.7. The Morgan fingerprint density at radius 2 is 1.89 bits per heavy atom. The molecule has 2 aliphatic heterocycles. The molecule has 0 aromatic carbocycles. The number of carbonyl (C=O) groups excluding carboxylic acids is 1. The van der Waals surface area contributed by atoms with Crippen LogP contribution < -0.4 is 5.32 Å². The van der Waals surface area contributed by atoms with E-state index < -0.39 is 48.4 Å². The number of nitrogens with one attached hydrogen (secondary N) is 1. The lowest BCUT2D eigenvalue weighted by atomic mass is 10.1. The minimum absolute atomic E-state index is 0.198. The number of phosphoric acid groups is 3. The molecule has 0 aromatic heterocycles. The Hall–Kier alpha value is -0.880. The summed E-state index contributed by atoms with van der Waals surface area (Å²) >= 11 is 0. The second kappa shape index (κ2) is 8.47. The number of allylic oxidation sites excluding steroid dienone is 1. The number of nitrogens with zero attached hydrogens (tertiary/aromatic N) is 1. The summed E-state index contributed by atoms with van der Waals surface area (Å²) in [5.41, 5.74) is 0.399. The highest BCUT2D eigenvalue weighted by atomic mass is 31.3. The number of rotatable bonds is 8. The molecule has 0 bridgehead atoms. The van der Waals surface area contributed by atoms with Gasteiger partial charge >= 0.3 is 29.5 Å². The Labute approximate surface area is 159 Å². The zero-order valence-electron chi connectivity index (χ0n) is 14.4. The number of hydrogen-bond acceptors (Lipinski definition) is 8. The lowest BCUT2D eigenvalue weighted by molar-refractivity contribution is -0.0450. The van der Waals surface area contributed by atoms with Crippen molar-refractivity contribution in [3.63, 3.8) is 0 Å². The summed E-state index contributed by atoms with van der Waals surface area (Å²) in [6, 6.07) is -0.474. The van der Waals surface area contributed by atoms with Crippen LogP contribution in [0.15, 0.2) is 24.6 Å². The summed E-state index contributed by atoms with van der Waals surface area (Å²) in [5, 5.41) is 2.50. The molecule has 0 spiro atoms. The fraction of sp³-hybridized carbons (Fsp3) is 0.545. The molecule has 28 heavy (non-hydrogen) atoms. The molecule has 2 heterocycles. The first kappa shape index (κ1) is 23.4.